The van der Waals surface area contributed by atoms with Gasteiger partial charge in [-0.15, -0.1) is 0 Å². The Bertz CT molecular complexity index is 1420. The number of esters is 1. The molecular weight excluding hydrogens is 506 g/mol. The molecule has 9 heteroatoms. The molecule has 0 saturated carbocycles. The predicted molar refractivity (Wildman–Crippen MR) is 155 cm³/mol. The zero-order valence-corrected chi connectivity index (χ0v) is 24.5. The van der Waals surface area contributed by atoms with E-state index in [1.54, 1.807) is 23.2 Å². The third-order valence-electron chi connectivity index (χ3n) is 7.81. The van der Waals surface area contributed by atoms with E-state index >= 15 is 0 Å². The lowest BCUT2D eigenvalue weighted by molar-refractivity contribution is -0.140. The van der Waals surface area contributed by atoms with Crippen molar-refractivity contribution in [2.45, 2.75) is 65.4 Å². The number of hydrogen-bond donors (Lipinski definition) is 1. The normalized spacial score (nSPS) is 17.5. The van der Waals surface area contributed by atoms with Gasteiger partial charge in [0.15, 0.2) is 0 Å². The monoisotopic (exact) mass is 547 g/mol. The SMILES string of the molecule is Cc1nn(C)c2c3c([nH]c12)C(C(=O)OC(C)C)=CN(C(=O)c1ccc(OCCN2CCCCC2)cc1)CC3(C)C. The summed E-state index contributed by atoms with van der Waals surface area (Å²) in [5.41, 5.74) is 4.66. The van der Waals surface area contributed by atoms with Crippen molar-refractivity contribution in [3.05, 3.63) is 53.0 Å². The number of aromatic nitrogens is 3. The Morgan fingerprint density at radius 1 is 1.10 bits per heavy atom. The van der Waals surface area contributed by atoms with Gasteiger partial charge in [0.05, 0.1) is 34.1 Å². The first kappa shape index (κ1) is 28.0. The van der Waals surface area contributed by atoms with Gasteiger partial charge in [-0.3, -0.25) is 14.4 Å². The molecule has 0 radical (unpaired) electrons. The lowest BCUT2D eigenvalue weighted by Crippen LogP contribution is -2.37. The summed E-state index contributed by atoms with van der Waals surface area (Å²) >= 11 is 0. The number of fused-ring (bicyclic) bond motifs is 3. The van der Waals surface area contributed by atoms with E-state index in [2.05, 4.69) is 28.8 Å². The highest BCUT2D eigenvalue weighted by molar-refractivity contribution is 6.18. The van der Waals surface area contributed by atoms with Gasteiger partial charge in [-0.1, -0.05) is 20.3 Å². The topological polar surface area (TPSA) is 92.7 Å². The molecule has 1 amide bonds. The summed E-state index contributed by atoms with van der Waals surface area (Å²) in [6, 6.07) is 7.26. The fourth-order valence-corrected chi connectivity index (χ4v) is 5.93. The number of piperidine rings is 1. The number of hydrogen-bond acceptors (Lipinski definition) is 6. The number of nitrogens with zero attached hydrogens (tertiary/aromatic N) is 4. The van der Waals surface area contributed by atoms with E-state index in [4.69, 9.17) is 9.47 Å². The summed E-state index contributed by atoms with van der Waals surface area (Å²) in [6.07, 6.45) is 5.17. The second-order valence-corrected chi connectivity index (χ2v) is 11.9. The molecule has 3 aromatic rings. The van der Waals surface area contributed by atoms with Crippen LogP contribution in [0.15, 0.2) is 30.5 Å². The van der Waals surface area contributed by atoms with Gasteiger partial charge in [0, 0.05) is 42.9 Å². The fraction of sp³-hybridized carbons (Fsp3) is 0.516. The van der Waals surface area contributed by atoms with E-state index < -0.39 is 11.4 Å². The minimum atomic E-state index is -0.489. The van der Waals surface area contributed by atoms with Crippen molar-refractivity contribution < 1.29 is 19.1 Å². The van der Waals surface area contributed by atoms with Crippen LogP contribution in [-0.4, -0.2) is 75.3 Å². The van der Waals surface area contributed by atoms with Gasteiger partial charge in [0.25, 0.3) is 5.91 Å². The Morgan fingerprint density at radius 2 is 1.80 bits per heavy atom. The van der Waals surface area contributed by atoms with Crippen LogP contribution in [0.4, 0.5) is 0 Å². The van der Waals surface area contributed by atoms with Crippen molar-refractivity contribution in [2.24, 2.45) is 7.05 Å². The van der Waals surface area contributed by atoms with E-state index in [0.29, 0.717) is 30.0 Å². The first-order valence-corrected chi connectivity index (χ1v) is 14.3. The summed E-state index contributed by atoms with van der Waals surface area (Å²) in [6.45, 7) is 13.9. The van der Waals surface area contributed by atoms with Crippen LogP contribution in [0.2, 0.25) is 0 Å². The Labute approximate surface area is 236 Å². The van der Waals surface area contributed by atoms with Gasteiger partial charge in [-0.25, -0.2) is 4.79 Å². The first-order valence-electron chi connectivity index (χ1n) is 14.3. The maximum absolute atomic E-state index is 13.8. The number of carbonyl (C=O) groups excluding carboxylic acids is 2. The molecule has 2 aliphatic rings. The number of amides is 1. The zero-order chi connectivity index (χ0) is 28.6. The van der Waals surface area contributed by atoms with E-state index in [9.17, 15) is 9.59 Å². The molecule has 0 aliphatic carbocycles. The zero-order valence-electron chi connectivity index (χ0n) is 24.5. The second kappa shape index (κ2) is 11.1. The molecule has 9 nitrogen and oxygen atoms in total. The van der Waals surface area contributed by atoms with Crippen molar-refractivity contribution in [1.29, 1.82) is 0 Å². The Hall–Kier alpha value is -3.59. The molecule has 0 bridgehead atoms. The fourth-order valence-electron chi connectivity index (χ4n) is 5.93. The Balaban J connectivity index is 1.41. The number of H-pyrrole nitrogens is 1. The smallest absolute Gasteiger partial charge is 0.342 e. The van der Waals surface area contributed by atoms with Crippen LogP contribution in [-0.2, 0) is 22.0 Å². The van der Waals surface area contributed by atoms with Gasteiger partial charge >= 0.3 is 5.97 Å². The van der Waals surface area contributed by atoms with Crippen molar-refractivity contribution in [3.63, 3.8) is 0 Å². The van der Waals surface area contributed by atoms with Gasteiger partial charge in [-0.2, -0.15) is 5.10 Å². The van der Waals surface area contributed by atoms with Crippen molar-refractivity contribution in [1.82, 2.24) is 24.6 Å². The summed E-state index contributed by atoms with van der Waals surface area (Å²) in [5, 5.41) is 4.59. The van der Waals surface area contributed by atoms with Crippen molar-refractivity contribution in [2.75, 3.05) is 32.8 Å². The second-order valence-electron chi connectivity index (χ2n) is 11.9. The van der Waals surface area contributed by atoms with Crippen molar-refractivity contribution >= 4 is 28.5 Å². The molecule has 0 unspecified atom stereocenters. The molecule has 1 aromatic carbocycles. The van der Waals surface area contributed by atoms with Crippen LogP contribution in [0.25, 0.3) is 16.6 Å². The van der Waals surface area contributed by atoms with Crippen LogP contribution in [0.3, 0.4) is 0 Å². The molecular formula is C31H41N5O4. The lowest BCUT2D eigenvalue weighted by Gasteiger charge is -2.29. The average molecular weight is 548 g/mol. The number of aromatic amines is 1. The number of nitrogens with one attached hydrogen (secondary N) is 1. The van der Waals surface area contributed by atoms with E-state index in [1.807, 2.05) is 44.6 Å². The van der Waals surface area contributed by atoms with Gasteiger partial charge in [0.2, 0.25) is 0 Å². The van der Waals surface area contributed by atoms with Gasteiger partial charge in [0.1, 0.15) is 12.4 Å². The summed E-state index contributed by atoms with van der Waals surface area (Å²) in [5.74, 6) is 0.0807. The minimum absolute atomic E-state index is 0.189. The largest absolute Gasteiger partial charge is 0.492 e. The molecule has 214 valence electrons. The minimum Gasteiger partial charge on any atom is -0.492 e. The first-order chi connectivity index (χ1) is 19.0. The third-order valence-corrected chi connectivity index (χ3v) is 7.81. The van der Waals surface area contributed by atoms with Gasteiger partial charge < -0.3 is 19.4 Å². The maximum Gasteiger partial charge on any atom is 0.342 e. The number of benzene rings is 1. The quantitative estimate of drug-likeness (QED) is 0.427. The molecule has 0 spiro atoms. The highest BCUT2D eigenvalue weighted by Crippen LogP contribution is 2.41. The molecule has 0 atom stereocenters. The summed E-state index contributed by atoms with van der Waals surface area (Å²) in [4.78, 5) is 34.7. The molecule has 1 saturated heterocycles. The number of rotatable bonds is 7. The van der Waals surface area contributed by atoms with Crippen molar-refractivity contribution in [3.8, 4) is 5.75 Å². The van der Waals surface area contributed by atoms with Gasteiger partial charge in [-0.05, 0) is 71.0 Å². The van der Waals surface area contributed by atoms with Crippen LogP contribution in [0, 0.1) is 6.92 Å². The average Bonchev–Trinajstić information content (AvgIpc) is 3.41. The lowest BCUT2D eigenvalue weighted by atomic mass is 9.83. The molecule has 1 N–H and O–H groups in total. The van der Waals surface area contributed by atoms with E-state index in [-0.39, 0.29) is 12.0 Å². The summed E-state index contributed by atoms with van der Waals surface area (Å²) in [7, 11) is 1.90. The Morgan fingerprint density at radius 3 is 2.48 bits per heavy atom. The molecule has 40 heavy (non-hydrogen) atoms. The number of ether oxygens (including phenoxy) is 2. The van der Waals surface area contributed by atoms with Crippen LogP contribution in [0.1, 0.15) is 74.3 Å². The standard InChI is InChI=1S/C31H41N5O4/c1-20(2)40-30(38)24-18-36(19-31(4,5)25-27(24)32-26-21(3)33-34(6)28(25)26)29(37)22-10-12-23(13-11-22)39-17-16-35-14-8-7-9-15-35/h10-13,18,20,32H,7-9,14-17,19H2,1-6H3. The van der Waals surface area contributed by atoms with Crippen LogP contribution in [0.5, 0.6) is 5.75 Å². The molecule has 5 rings (SSSR count). The molecule has 4 heterocycles. The molecule has 1 fully saturated rings. The molecule has 2 aliphatic heterocycles. The van der Waals surface area contributed by atoms with Crippen LogP contribution >= 0.6 is 0 Å². The summed E-state index contributed by atoms with van der Waals surface area (Å²) < 4.78 is 13.4. The number of carbonyl (C=O) groups is 2. The molecule has 2 aromatic heterocycles. The number of likely N-dealkylation sites (tertiary alicyclic amines) is 1. The van der Waals surface area contributed by atoms with Crippen LogP contribution < -0.4 is 4.74 Å². The number of aryl methyl sites for hydroxylation is 2. The predicted octanol–water partition coefficient (Wildman–Crippen LogP) is 4.80. The highest BCUT2D eigenvalue weighted by Gasteiger charge is 2.39. The highest BCUT2D eigenvalue weighted by atomic mass is 16.5. The maximum atomic E-state index is 13.8. The third kappa shape index (κ3) is 5.52. The van der Waals surface area contributed by atoms with E-state index in [1.165, 1.54) is 19.3 Å². The Kier molecular flexibility index (Phi) is 7.77. The van der Waals surface area contributed by atoms with E-state index in [0.717, 1.165) is 47.7 Å².